The lowest BCUT2D eigenvalue weighted by atomic mass is 10.1. The predicted molar refractivity (Wildman–Crippen MR) is 72.6 cm³/mol. The smallest absolute Gasteiger partial charge is 0.161 e. The van der Waals surface area contributed by atoms with E-state index >= 15 is 0 Å². The molecule has 3 rings (SSSR count). The fraction of sp³-hybridized carbons (Fsp3) is 0.133. The molecule has 0 saturated heterocycles. The Morgan fingerprint density at radius 3 is 2.63 bits per heavy atom. The Morgan fingerprint density at radius 1 is 1.05 bits per heavy atom. The van der Waals surface area contributed by atoms with Crippen LogP contribution in [0.3, 0.4) is 0 Å². The van der Waals surface area contributed by atoms with E-state index in [1.165, 1.54) is 0 Å². The maximum Gasteiger partial charge on any atom is 0.161 e. The molecule has 2 aromatic heterocycles. The Morgan fingerprint density at radius 2 is 1.84 bits per heavy atom. The maximum atomic E-state index is 10.3. The summed E-state index contributed by atoms with van der Waals surface area (Å²) >= 11 is 0. The third kappa shape index (κ3) is 2.30. The van der Waals surface area contributed by atoms with Gasteiger partial charge in [0.05, 0.1) is 5.52 Å². The van der Waals surface area contributed by atoms with Gasteiger partial charge in [0.1, 0.15) is 6.10 Å². The maximum absolute atomic E-state index is 10.3. The summed E-state index contributed by atoms with van der Waals surface area (Å²) in [5.74, 6) is 0.411. The molecule has 1 aromatic carbocycles. The Bertz CT molecular complexity index is 710. The van der Waals surface area contributed by atoms with Crippen molar-refractivity contribution in [2.75, 3.05) is 0 Å². The van der Waals surface area contributed by atoms with Gasteiger partial charge in [-0.3, -0.25) is 4.98 Å². The molecular formula is C15H13N3O. The first-order chi connectivity index (χ1) is 9.24. The summed E-state index contributed by atoms with van der Waals surface area (Å²) in [6.45, 7) is 1.91. The molecule has 0 aliphatic rings. The minimum absolute atomic E-state index is 0.411. The number of hydrogen-bond donors (Lipinski definition) is 1. The van der Waals surface area contributed by atoms with Crippen LogP contribution in [0.5, 0.6) is 0 Å². The van der Waals surface area contributed by atoms with Crippen LogP contribution in [0.15, 0.2) is 48.9 Å². The third-order valence-corrected chi connectivity index (χ3v) is 2.99. The summed E-state index contributed by atoms with van der Waals surface area (Å²) in [7, 11) is 0. The molecule has 94 valence electrons. The van der Waals surface area contributed by atoms with Crippen LogP contribution >= 0.6 is 0 Å². The van der Waals surface area contributed by atoms with Gasteiger partial charge >= 0.3 is 0 Å². The lowest BCUT2D eigenvalue weighted by Gasteiger charge is -2.10. The zero-order valence-electron chi connectivity index (χ0n) is 10.5. The van der Waals surface area contributed by atoms with Crippen LogP contribution in [0.2, 0.25) is 0 Å². The van der Waals surface area contributed by atoms with Crippen LogP contribution in [0.1, 0.15) is 23.1 Å². The Balaban J connectivity index is 2.01. The molecule has 0 radical (unpaired) electrons. The predicted octanol–water partition coefficient (Wildman–Crippen LogP) is 2.41. The molecular weight excluding hydrogens is 238 g/mol. The largest absolute Gasteiger partial charge is 0.380 e. The quantitative estimate of drug-likeness (QED) is 0.760. The number of nitrogens with zero attached hydrogens (tertiary/aromatic N) is 3. The summed E-state index contributed by atoms with van der Waals surface area (Å²) in [5, 5.41) is 11.3. The highest BCUT2D eigenvalue weighted by Crippen LogP contribution is 2.22. The highest BCUT2D eigenvalue weighted by molar-refractivity contribution is 5.79. The normalized spacial score (nSPS) is 12.5. The molecule has 0 fully saturated rings. The highest BCUT2D eigenvalue weighted by atomic mass is 16.3. The molecule has 3 aromatic rings. The van der Waals surface area contributed by atoms with Gasteiger partial charge in [0.15, 0.2) is 5.82 Å². The van der Waals surface area contributed by atoms with E-state index in [2.05, 4.69) is 15.0 Å². The van der Waals surface area contributed by atoms with Gasteiger partial charge in [0.2, 0.25) is 0 Å². The first-order valence-corrected chi connectivity index (χ1v) is 6.05. The first-order valence-electron chi connectivity index (χ1n) is 6.05. The van der Waals surface area contributed by atoms with Crippen molar-refractivity contribution in [2.45, 2.75) is 13.0 Å². The van der Waals surface area contributed by atoms with Gasteiger partial charge in [-0.1, -0.05) is 12.1 Å². The van der Waals surface area contributed by atoms with E-state index in [9.17, 15) is 5.11 Å². The molecule has 4 heteroatoms. The van der Waals surface area contributed by atoms with Crippen LogP contribution < -0.4 is 0 Å². The number of aliphatic hydroxyl groups excluding tert-OH is 1. The summed E-state index contributed by atoms with van der Waals surface area (Å²) in [6.07, 6.45) is 4.34. The number of aromatic nitrogens is 3. The van der Waals surface area contributed by atoms with E-state index in [0.29, 0.717) is 5.82 Å². The third-order valence-electron chi connectivity index (χ3n) is 2.99. The van der Waals surface area contributed by atoms with E-state index in [-0.39, 0.29) is 0 Å². The van der Waals surface area contributed by atoms with Crippen molar-refractivity contribution >= 4 is 10.9 Å². The lowest BCUT2D eigenvalue weighted by Crippen LogP contribution is -2.05. The number of pyridine rings is 1. The molecule has 19 heavy (non-hydrogen) atoms. The minimum atomic E-state index is -0.815. The molecule has 0 aliphatic carbocycles. The Hall–Kier alpha value is -2.33. The minimum Gasteiger partial charge on any atom is -0.380 e. The number of rotatable bonds is 2. The number of hydrogen-bond acceptors (Lipinski definition) is 4. The van der Waals surface area contributed by atoms with Crippen molar-refractivity contribution in [2.24, 2.45) is 0 Å². The Kier molecular flexibility index (Phi) is 2.93. The number of aryl methyl sites for hydroxylation is 1. The molecule has 1 atom stereocenters. The molecule has 1 unspecified atom stereocenters. The summed E-state index contributed by atoms with van der Waals surface area (Å²) in [6, 6.07) is 9.50. The molecule has 0 saturated carbocycles. The van der Waals surface area contributed by atoms with E-state index < -0.39 is 6.10 Å². The summed E-state index contributed by atoms with van der Waals surface area (Å²) in [5.41, 5.74) is 2.64. The first kappa shape index (κ1) is 11.7. The Labute approximate surface area is 110 Å². The van der Waals surface area contributed by atoms with Crippen LogP contribution in [0.25, 0.3) is 10.9 Å². The fourth-order valence-electron chi connectivity index (χ4n) is 1.96. The van der Waals surface area contributed by atoms with E-state index in [1.54, 1.807) is 18.6 Å². The molecule has 0 aliphatic heterocycles. The number of aliphatic hydroxyl groups is 1. The number of fused-ring (bicyclic) bond motifs is 1. The second kappa shape index (κ2) is 4.74. The summed E-state index contributed by atoms with van der Waals surface area (Å²) < 4.78 is 0. The highest BCUT2D eigenvalue weighted by Gasteiger charge is 2.13. The lowest BCUT2D eigenvalue weighted by molar-refractivity contribution is 0.210. The monoisotopic (exact) mass is 251 g/mol. The second-order valence-corrected chi connectivity index (χ2v) is 4.48. The average molecular weight is 251 g/mol. The van der Waals surface area contributed by atoms with Gasteiger partial charge in [-0.05, 0) is 36.2 Å². The van der Waals surface area contributed by atoms with Crippen molar-refractivity contribution in [1.82, 2.24) is 15.0 Å². The van der Waals surface area contributed by atoms with Crippen LogP contribution in [-0.2, 0) is 0 Å². The van der Waals surface area contributed by atoms with Gasteiger partial charge in [0.25, 0.3) is 0 Å². The molecule has 4 nitrogen and oxygen atoms in total. The second-order valence-electron chi connectivity index (χ2n) is 4.48. The topological polar surface area (TPSA) is 58.9 Å². The van der Waals surface area contributed by atoms with Crippen molar-refractivity contribution < 1.29 is 5.11 Å². The van der Waals surface area contributed by atoms with E-state index in [1.807, 2.05) is 37.3 Å². The molecule has 1 N–H and O–H groups in total. The van der Waals surface area contributed by atoms with Crippen molar-refractivity contribution in [1.29, 1.82) is 0 Å². The van der Waals surface area contributed by atoms with Gasteiger partial charge in [-0.15, -0.1) is 0 Å². The van der Waals surface area contributed by atoms with Gasteiger partial charge in [-0.25, -0.2) is 9.97 Å². The molecule has 0 spiro atoms. The van der Waals surface area contributed by atoms with Gasteiger partial charge in [0, 0.05) is 24.0 Å². The van der Waals surface area contributed by atoms with Crippen LogP contribution in [0, 0.1) is 6.92 Å². The van der Waals surface area contributed by atoms with Crippen LogP contribution in [0.4, 0.5) is 0 Å². The fourth-order valence-corrected chi connectivity index (χ4v) is 1.96. The average Bonchev–Trinajstić information content (AvgIpc) is 2.47. The molecule has 0 bridgehead atoms. The van der Waals surface area contributed by atoms with E-state index in [4.69, 9.17) is 0 Å². The SMILES string of the molecule is Cc1cnc(C(O)c2ccc3ncccc3c2)nc1. The molecule has 0 amide bonds. The number of benzene rings is 1. The van der Waals surface area contributed by atoms with Crippen LogP contribution in [-0.4, -0.2) is 20.1 Å². The van der Waals surface area contributed by atoms with Gasteiger partial charge < -0.3 is 5.11 Å². The summed E-state index contributed by atoms with van der Waals surface area (Å²) in [4.78, 5) is 12.6. The zero-order chi connectivity index (χ0) is 13.2. The molecule has 2 heterocycles. The van der Waals surface area contributed by atoms with Crippen molar-refractivity contribution in [3.63, 3.8) is 0 Å². The van der Waals surface area contributed by atoms with Crippen molar-refractivity contribution in [3.8, 4) is 0 Å². The standard InChI is InChI=1S/C15H13N3O/c1-10-8-17-15(18-9-10)14(19)12-4-5-13-11(7-12)3-2-6-16-13/h2-9,14,19H,1H3. The van der Waals surface area contributed by atoms with E-state index in [0.717, 1.165) is 22.0 Å². The van der Waals surface area contributed by atoms with Crippen molar-refractivity contribution in [3.05, 3.63) is 65.9 Å². The zero-order valence-corrected chi connectivity index (χ0v) is 10.5. The van der Waals surface area contributed by atoms with Gasteiger partial charge in [-0.2, -0.15) is 0 Å².